The number of pyridine rings is 1. The minimum atomic E-state index is -1.01. The maximum Gasteiger partial charge on any atom is 0.337 e. The molecule has 0 saturated heterocycles. The first-order valence-electron chi connectivity index (χ1n) is 5.22. The quantitative estimate of drug-likeness (QED) is 0.905. The Morgan fingerprint density at radius 3 is 3.00 bits per heavy atom. The Bertz CT molecular complexity index is 553. The van der Waals surface area contributed by atoms with E-state index in [1.54, 1.807) is 5.51 Å². The molecule has 6 heteroatoms. The van der Waals surface area contributed by atoms with Crippen molar-refractivity contribution in [1.82, 2.24) is 9.97 Å². The van der Waals surface area contributed by atoms with Gasteiger partial charge in [-0.15, -0.1) is 11.3 Å². The molecule has 0 aliphatic carbocycles. The van der Waals surface area contributed by atoms with Gasteiger partial charge in [-0.25, -0.2) is 14.8 Å². The zero-order chi connectivity index (χ0) is 12.4. The lowest BCUT2D eigenvalue weighted by Crippen LogP contribution is -2.09. The molecule has 90 valence electrons. The van der Waals surface area contributed by atoms with Gasteiger partial charge in [-0.2, -0.15) is 0 Å². The highest BCUT2D eigenvalue weighted by atomic mass is 32.1. The van der Waals surface area contributed by atoms with Crippen molar-refractivity contribution in [3.63, 3.8) is 0 Å². The molecule has 2 aromatic rings. The number of nitrogens with zero attached hydrogens (tertiary/aromatic N) is 2. The maximum absolute atomic E-state index is 11.2. The summed E-state index contributed by atoms with van der Waals surface area (Å²) in [4.78, 5) is 20.2. The predicted molar refractivity (Wildman–Crippen MR) is 64.4 cm³/mol. The summed E-state index contributed by atoms with van der Waals surface area (Å²) in [5.41, 5.74) is 3.04. The topological polar surface area (TPSA) is 72.3 Å². The number of aromatic nitrogens is 2. The van der Waals surface area contributed by atoms with Gasteiger partial charge in [-0.05, 0) is 13.8 Å². The maximum atomic E-state index is 11.2. The minimum absolute atomic E-state index is 0.157. The summed E-state index contributed by atoms with van der Waals surface area (Å²) in [5, 5.41) is 9.16. The largest absolute Gasteiger partial charge is 0.478 e. The van der Waals surface area contributed by atoms with E-state index in [-0.39, 0.29) is 11.7 Å². The van der Waals surface area contributed by atoms with Gasteiger partial charge in [-0.3, -0.25) is 0 Å². The van der Waals surface area contributed by atoms with Crippen LogP contribution in [0.4, 0.5) is 0 Å². The summed E-state index contributed by atoms with van der Waals surface area (Å²) in [6.45, 7) is 4.22. The SMILES string of the molecule is CCOC(C)c1c(C(=O)O)cnc2scnc12. The normalized spacial score (nSPS) is 12.8. The molecule has 17 heavy (non-hydrogen) atoms. The number of ether oxygens (including phenoxy) is 1. The van der Waals surface area contributed by atoms with Gasteiger partial charge < -0.3 is 9.84 Å². The van der Waals surface area contributed by atoms with Crippen molar-refractivity contribution in [2.24, 2.45) is 0 Å². The van der Waals surface area contributed by atoms with Crippen LogP contribution in [0.3, 0.4) is 0 Å². The number of carboxylic acid groups (broad SMARTS) is 1. The second-order valence-corrected chi connectivity index (χ2v) is 4.33. The van der Waals surface area contributed by atoms with E-state index in [4.69, 9.17) is 9.84 Å². The standard InChI is InChI=1S/C11H12N2O3S/c1-3-16-6(2)8-7(11(14)15)4-12-10-9(8)13-5-17-10/h4-6H,3H2,1-2H3,(H,14,15). The molecule has 5 nitrogen and oxygen atoms in total. The van der Waals surface area contributed by atoms with Gasteiger partial charge in [-0.1, -0.05) is 0 Å². The number of thiazole rings is 1. The Morgan fingerprint density at radius 1 is 1.59 bits per heavy atom. The number of hydrogen-bond donors (Lipinski definition) is 1. The van der Waals surface area contributed by atoms with E-state index in [2.05, 4.69) is 9.97 Å². The van der Waals surface area contributed by atoms with Crippen molar-refractivity contribution >= 4 is 27.7 Å². The number of fused-ring (bicyclic) bond motifs is 1. The monoisotopic (exact) mass is 252 g/mol. The van der Waals surface area contributed by atoms with Crippen molar-refractivity contribution in [2.75, 3.05) is 6.61 Å². The number of hydrogen-bond acceptors (Lipinski definition) is 5. The molecule has 0 amide bonds. The Hall–Kier alpha value is -1.53. The van der Waals surface area contributed by atoms with Gasteiger partial charge in [0.25, 0.3) is 0 Å². The fourth-order valence-electron chi connectivity index (χ4n) is 1.75. The Balaban J connectivity index is 2.64. The fraction of sp³-hybridized carbons (Fsp3) is 0.364. The molecule has 0 bridgehead atoms. The first-order valence-corrected chi connectivity index (χ1v) is 6.10. The van der Waals surface area contributed by atoms with E-state index in [9.17, 15) is 4.79 Å². The molecule has 1 atom stereocenters. The average Bonchev–Trinajstić information content (AvgIpc) is 2.75. The summed E-state index contributed by atoms with van der Waals surface area (Å²) in [6, 6.07) is 0. The summed E-state index contributed by atoms with van der Waals surface area (Å²) in [7, 11) is 0. The van der Waals surface area contributed by atoms with Gasteiger partial charge in [0.15, 0.2) is 0 Å². The molecular formula is C11H12N2O3S. The van der Waals surface area contributed by atoms with Crippen LogP contribution in [-0.4, -0.2) is 27.7 Å². The van der Waals surface area contributed by atoms with Gasteiger partial charge >= 0.3 is 5.97 Å². The number of carbonyl (C=O) groups is 1. The Labute approximate surface area is 102 Å². The molecule has 0 radical (unpaired) electrons. The van der Waals surface area contributed by atoms with Gasteiger partial charge in [0, 0.05) is 18.4 Å². The molecule has 0 spiro atoms. The second-order valence-electron chi connectivity index (χ2n) is 3.49. The first-order chi connectivity index (χ1) is 8.15. The van der Waals surface area contributed by atoms with Crippen LogP contribution in [-0.2, 0) is 4.74 Å². The van der Waals surface area contributed by atoms with Gasteiger partial charge in [0.05, 0.1) is 17.2 Å². The molecular weight excluding hydrogens is 240 g/mol. The Morgan fingerprint density at radius 2 is 2.35 bits per heavy atom. The number of carboxylic acids is 1. The van der Waals surface area contributed by atoms with Crippen LogP contribution in [0.2, 0.25) is 0 Å². The van der Waals surface area contributed by atoms with Crippen LogP contribution in [0, 0.1) is 0 Å². The van der Waals surface area contributed by atoms with Crippen LogP contribution in [0.15, 0.2) is 11.7 Å². The third kappa shape index (κ3) is 2.13. The third-order valence-corrected chi connectivity index (χ3v) is 3.19. The van der Waals surface area contributed by atoms with Crippen LogP contribution >= 0.6 is 11.3 Å². The van der Waals surface area contributed by atoms with E-state index in [1.807, 2.05) is 13.8 Å². The predicted octanol–water partition coefficient (Wildman–Crippen LogP) is 2.49. The highest BCUT2D eigenvalue weighted by Gasteiger charge is 2.21. The smallest absolute Gasteiger partial charge is 0.337 e. The lowest BCUT2D eigenvalue weighted by Gasteiger charge is -2.14. The second kappa shape index (κ2) is 4.77. The molecule has 1 unspecified atom stereocenters. The molecule has 0 aliphatic rings. The highest BCUT2D eigenvalue weighted by molar-refractivity contribution is 7.16. The van der Waals surface area contributed by atoms with Crippen LogP contribution < -0.4 is 0 Å². The van der Waals surface area contributed by atoms with E-state index in [0.717, 1.165) is 4.83 Å². The fourth-order valence-corrected chi connectivity index (χ4v) is 2.40. The van der Waals surface area contributed by atoms with Crippen molar-refractivity contribution in [3.8, 4) is 0 Å². The summed E-state index contributed by atoms with van der Waals surface area (Å²) < 4.78 is 5.47. The third-order valence-electron chi connectivity index (χ3n) is 2.46. The average molecular weight is 252 g/mol. The minimum Gasteiger partial charge on any atom is -0.478 e. The van der Waals surface area contributed by atoms with E-state index >= 15 is 0 Å². The summed E-state index contributed by atoms with van der Waals surface area (Å²) in [5.74, 6) is -1.01. The van der Waals surface area contributed by atoms with Crippen LogP contribution in [0.1, 0.15) is 35.9 Å². The van der Waals surface area contributed by atoms with Crippen molar-refractivity contribution < 1.29 is 14.6 Å². The van der Waals surface area contributed by atoms with Gasteiger partial charge in [0.2, 0.25) is 0 Å². The molecule has 1 N–H and O–H groups in total. The molecule has 2 aromatic heterocycles. The highest BCUT2D eigenvalue weighted by Crippen LogP contribution is 2.29. The van der Waals surface area contributed by atoms with Crippen molar-refractivity contribution in [3.05, 3.63) is 22.8 Å². The van der Waals surface area contributed by atoms with Crippen molar-refractivity contribution in [1.29, 1.82) is 0 Å². The molecule has 0 aromatic carbocycles. The van der Waals surface area contributed by atoms with Crippen LogP contribution in [0.25, 0.3) is 10.3 Å². The molecule has 2 heterocycles. The number of aromatic carboxylic acids is 1. The van der Waals surface area contributed by atoms with Crippen LogP contribution in [0.5, 0.6) is 0 Å². The van der Waals surface area contributed by atoms with Crippen molar-refractivity contribution in [2.45, 2.75) is 20.0 Å². The molecule has 0 saturated carbocycles. The molecule has 0 aliphatic heterocycles. The van der Waals surface area contributed by atoms with E-state index < -0.39 is 5.97 Å². The molecule has 2 rings (SSSR count). The van der Waals surface area contributed by atoms with Gasteiger partial charge in [0.1, 0.15) is 10.3 Å². The first kappa shape index (κ1) is 11.9. The lowest BCUT2D eigenvalue weighted by molar-refractivity contribution is 0.0647. The zero-order valence-corrected chi connectivity index (χ0v) is 10.3. The Kier molecular flexibility index (Phi) is 3.35. The van der Waals surface area contributed by atoms with E-state index in [1.165, 1.54) is 17.5 Å². The summed E-state index contributed by atoms with van der Waals surface area (Å²) in [6.07, 6.45) is 1.06. The zero-order valence-electron chi connectivity index (χ0n) is 9.51. The summed E-state index contributed by atoms with van der Waals surface area (Å²) >= 11 is 1.39. The number of rotatable bonds is 4. The lowest BCUT2D eigenvalue weighted by atomic mass is 10.0. The van der Waals surface area contributed by atoms with E-state index in [0.29, 0.717) is 17.7 Å². The molecule has 0 fully saturated rings.